The van der Waals surface area contributed by atoms with E-state index in [0.717, 1.165) is 18.9 Å². The smallest absolute Gasteiger partial charge is 0.0446 e. The van der Waals surface area contributed by atoms with Gasteiger partial charge in [-0.15, -0.1) is 11.3 Å². The third-order valence-corrected chi connectivity index (χ3v) is 4.91. The number of aryl methyl sites for hydroxylation is 1. The average Bonchev–Trinajstić information content (AvgIpc) is 3.14. The molecule has 1 N–H and O–H groups in total. The van der Waals surface area contributed by atoms with Crippen LogP contribution in [0.4, 0.5) is 0 Å². The van der Waals surface area contributed by atoms with Crippen LogP contribution in [0.15, 0.2) is 41.8 Å². The molecule has 0 amide bonds. The number of hydrogen-bond donors (Lipinski definition) is 1. The summed E-state index contributed by atoms with van der Waals surface area (Å²) < 4.78 is 0. The SMILES string of the molecule is CCc1ccccc1CNC(c1cccs1)C1CC1. The molecule has 1 fully saturated rings. The van der Waals surface area contributed by atoms with Crippen molar-refractivity contribution in [2.24, 2.45) is 5.92 Å². The molecule has 1 unspecified atom stereocenters. The van der Waals surface area contributed by atoms with Gasteiger partial charge in [0.1, 0.15) is 0 Å². The highest BCUT2D eigenvalue weighted by molar-refractivity contribution is 7.10. The molecule has 2 aromatic rings. The second kappa shape index (κ2) is 5.89. The van der Waals surface area contributed by atoms with Gasteiger partial charge in [0.25, 0.3) is 0 Å². The molecule has 0 saturated heterocycles. The van der Waals surface area contributed by atoms with Crippen LogP contribution < -0.4 is 5.32 Å². The maximum atomic E-state index is 3.79. The Morgan fingerprint density at radius 1 is 1.16 bits per heavy atom. The number of hydrogen-bond acceptors (Lipinski definition) is 2. The largest absolute Gasteiger partial charge is 0.305 e. The summed E-state index contributed by atoms with van der Waals surface area (Å²) in [5.41, 5.74) is 2.92. The van der Waals surface area contributed by atoms with E-state index >= 15 is 0 Å². The van der Waals surface area contributed by atoms with Crippen LogP contribution in [0.25, 0.3) is 0 Å². The molecule has 1 nitrogen and oxygen atoms in total. The Hall–Kier alpha value is -1.12. The summed E-state index contributed by atoms with van der Waals surface area (Å²) in [6, 6.07) is 13.8. The van der Waals surface area contributed by atoms with Gasteiger partial charge in [-0.3, -0.25) is 0 Å². The van der Waals surface area contributed by atoms with E-state index in [1.807, 2.05) is 11.3 Å². The quantitative estimate of drug-likeness (QED) is 0.812. The van der Waals surface area contributed by atoms with Gasteiger partial charge in [0.15, 0.2) is 0 Å². The van der Waals surface area contributed by atoms with Crippen molar-refractivity contribution in [3.8, 4) is 0 Å². The molecule has 100 valence electrons. The average molecular weight is 271 g/mol. The van der Waals surface area contributed by atoms with Crippen molar-refractivity contribution in [2.75, 3.05) is 0 Å². The highest BCUT2D eigenvalue weighted by Gasteiger charge is 2.32. The Bertz CT molecular complexity index is 514. The van der Waals surface area contributed by atoms with Crippen molar-refractivity contribution >= 4 is 11.3 Å². The maximum absolute atomic E-state index is 3.79. The van der Waals surface area contributed by atoms with Crippen LogP contribution in [0, 0.1) is 5.92 Å². The normalized spacial score (nSPS) is 16.5. The third kappa shape index (κ3) is 3.07. The third-order valence-electron chi connectivity index (χ3n) is 3.95. The first-order valence-corrected chi connectivity index (χ1v) is 8.10. The predicted molar refractivity (Wildman–Crippen MR) is 82.4 cm³/mol. The molecular weight excluding hydrogens is 250 g/mol. The van der Waals surface area contributed by atoms with Crippen molar-refractivity contribution in [2.45, 2.75) is 38.8 Å². The maximum Gasteiger partial charge on any atom is 0.0446 e. The summed E-state index contributed by atoms with van der Waals surface area (Å²) in [5, 5.41) is 5.97. The number of rotatable bonds is 6. The fourth-order valence-corrected chi connectivity index (χ4v) is 3.59. The lowest BCUT2D eigenvalue weighted by Crippen LogP contribution is -2.22. The molecule has 1 aromatic carbocycles. The highest BCUT2D eigenvalue weighted by atomic mass is 32.1. The number of nitrogens with one attached hydrogen (secondary N) is 1. The highest BCUT2D eigenvalue weighted by Crippen LogP contribution is 2.42. The summed E-state index contributed by atoms with van der Waals surface area (Å²) in [7, 11) is 0. The zero-order valence-electron chi connectivity index (χ0n) is 11.4. The standard InChI is InChI=1S/C17H21NS/c1-2-13-6-3-4-7-15(13)12-18-17(14-9-10-14)16-8-5-11-19-16/h3-8,11,14,17-18H,2,9-10,12H2,1H3. The minimum Gasteiger partial charge on any atom is -0.305 e. The first-order valence-electron chi connectivity index (χ1n) is 7.22. The Morgan fingerprint density at radius 2 is 1.95 bits per heavy atom. The fraction of sp³-hybridized carbons (Fsp3) is 0.412. The van der Waals surface area contributed by atoms with Gasteiger partial charge < -0.3 is 5.32 Å². The van der Waals surface area contributed by atoms with Crippen LogP contribution in [0.1, 0.15) is 41.8 Å². The molecule has 0 bridgehead atoms. The molecule has 2 heteroatoms. The lowest BCUT2D eigenvalue weighted by atomic mass is 10.0. The van der Waals surface area contributed by atoms with E-state index < -0.39 is 0 Å². The Kier molecular flexibility index (Phi) is 4.00. The summed E-state index contributed by atoms with van der Waals surface area (Å²) in [6.45, 7) is 3.22. The number of benzene rings is 1. The number of thiophene rings is 1. The van der Waals surface area contributed by atoms with E-state index in [9.17, 15) is 0 Å². The Labute approximate surface area is 119 Å². The van der Waals surface area contributed by atoms with E-state index in [1.54, 1.807) is 0 Å². The molecule has 19 heavy (non-hydrogen) atoms. The first-order chi connectivity index (χ1) is 9.38. The van der Waals surface area contributed by atoms with Crippen LogP contribution >= 0.6 is 11.3 Å². The Morgan fingerprint density at radius 3 is 2.58 bits per heavy atom. The van der Waals surface area contributed by atoms with Gasteiger partial charge in [0, 0.05) is 17.5 Å². The second-order valence-electron chi connectivity index (χ2n) is 5.33. The van der Waals surface area contributed by atoms with Gasteiger partial charge in [-0.05, 0) is 47.8 Å². The zero-order chi connectivity index (χ0) is 13.1. The van der Waals surface area contributed by atoms with Crippen molar-refractivity contribution in [3.63, 3.8) is 0 Å². The molecule has 3 rings (SSSR count). The van der Waals surface area contributed by atoms with Crippen LogP contribution in [0.2, 0.25) is 0 Å². The molecule has 1 atom stereocenters. The van der Waals surface area contributed by atoms with E-state index in [4.69, 9.17) is 0 Å². The fourth-order valence-electron chi connectivity index (χ4n) is 2.69. The van der Waals surface area contributed by atoms with Gasteiger partial charge in [0.2, 0.25) is 0 Å². The van der Waals surface area contributed by atoms with Gasteiger partial charge >= 0.3 is 0 Å². The summed E-state index contributed by atoms with van der Waals surface area (Å²) in [6.07, 6.45) is 3.88. The van der Waals surface area contributed by atoms with Crippen molar-refractivity contribution in [1.29, 1.82) is 0 Å². The molecule has 1 heterocycles. The van der Waals surface area contributed by atoms with Gasteiger partial charge in [0.05, 0.1) is 0 Å². The lowest BCUT2D eigenvalue weighted by Gasteiger charge is -2.18. The van der Waals surface area contributed by atoms with Crippen LogP contribution in [0.5, 0.6) is 0 Å². The van der Waals surface area contributed by atoms with Gasteiger partial charge in [-0.1, -0.05) is 37.3 Å². The van der Waals surface area contributed by atoms with Crippen molar-refractivity contribution in [1.82, 2.24) is 5.32 Å². The first kappa shape index (κ1) is 12.9. The Balaban J connectivity index is 1.70. The van der Waals surface area contributed by atoms with E-state index in [1.165, 1.54) is 28.8 Å². The molecule has 1 aliphatic carbocycles. The van der Waals surface area contributed by atoms with Crippen LogP contribution in [-0.4, -0.2) is 0 Å². The van der Waals surface area contributed by atoms with Crippen LogP contribution in [0.3, 0.4) is 0 Å². The molecule has 0 aliphatic heterocycles. The summed E-state index contributed by atoms with van der Waals surface area (Å²) >= 11 is 1.88. The van der Waals surface area contributed by atoms with Crippen molar-refractivity contribution < 1.29 is 0 Å². The molecule has 1 aliphatic rings. The molecule has 0 radical (unpaired) electrons. The summed E-state index contributed by atoms with van der Waals surface area (Å²) in [5.74, 6) is 0.854. The lowest BCUT2D eigenvalue weighted by molar-refractivity contribution is 0.486. The molecule has 0 spiro atoms. The monoisotopic (exact) mass is 271 g/mol. The van der Waals surface area contributed by atoms with Gasteiger partial charge in [-0.2, -0.15) is 0 Å². The molecule has 1 aromatic heterocycles. The topological polar surface area (TPSA) is 12.0 Å². The summed E-state index contributed by atoms with van der Waals surface area (Å²) in [4.78, 5) is 1.50. The molecule has 1 saturated carbocycles. The van der Waals surface area contributed by atoms with Crippen molar-refractivity contribution in [3.05, 3.63) is 57.8 Å². The van der Waals surface area contributed by atoms with E-state index in [2.05, 4.69) is 54.0 Å². The van der Waals surface area contributed by atoms with Crippen LogP contribution in [-0.2, 0) is 13.0 Å². The van der Waals surface area contributed by atoms with Gasteiger partial charge in [-0.25, -0.2) is 0 Å². The molecular formula is C17H21NS. The van der Waals surface area contributed by atoms with E-state index in [-0.39, 0.29) is 0 Å². The minimum atomic E-state index is 0.560. The van der Waals surface area contributed by atoms with E-state index in [0.29, 0.717) is 6.04 Å². The second-order valence-corrected chi connectivity index (χ2v) is 6.31. The zero-order valence-corrected chi connectivity index (χ0v) is 12.2. The predicted octanol–water partition coefficient (Wildman–Crippen LogP) is 4.55. The minimum absolute atomic E-state index is 0.560.